The summed E-state index contributed by atoms with van der Waals surface area (Å²) in [6.45, 7) is 0. The van der Waals surface area contributed by atoms with E-state index in [0.717, 1.165) is 18.9 Å². The molecular formula is C19H23F3N2O. The number of carbonyl (C=O) groups excluding carboxylic acids is 1. The topological polar surface area (TPSA) is 32.3 Å². The normalized spacial score (nSPS) is 34.0. The van der Waals surface area contributed by atoms with E-state index in [4.69, 9.17) is 0 Å². The van der Waals surface area contributed by atoms with E-state index in [2.05, 4.69) is 5.32 Å². The van der Waals surface area contributed by atoms with Crippen LogP contribution in [0, 0.1) is 5.92 Å². The fourth-order valence-electron chi connectivity index (χ4n) is 4.57. The molecule has 0 radical (unpaired) electrons. The summed E-state index contributed by atoms with van der Waals surface area (Å²) in [5.74, 6) is -0.148. The fourth-order valence-corrected chi connectivity index (χ4v) is 4.57. The molecule has 1 aromatic carbocycles. The fraction of sp³-hybridized carbons (Fsp3) is 0.632. The maximum Gasteiger partial charge on any atom is 0.416 e. The van der Waals surface area contributed by atoms with Gasteiger partial charge in [0.1, 0.15) is 0 Å². The van der Waals surface area contributed by atoms with Crippen LogP contribution < -0.4 is 5.32 Å². The van der Waals surface area contributed by atoms with Crippen LogP contribution in [0.2, 0.25) is 0 Å². The molecule has 1 amide bonds. The Morgan fingerprint density at radius 1 is 1.16 bits per heavy atom. The zero-order valence-electron chi connectivity index (χ0n) is 14.2. The van der Waals surface area contributed by atoms with Gasteiger partial charge in [-0.15, -0.1) is 0 Å². The lowest BCUT2D eigenvalue weighted by atomic mass is 9.98. The Balaban J connectivity index is 1.42. The maximum atomic E-state index is 12.9. The van der Waals surface area contributed by atoms with E-state index < -0.39 is 11.7 Å². The zero-order chi connectivity index (χ0) is 17.8. The van der Waals surface area contributed by atoms with E-state index in [1.54, 1.807) is 6.07 Å². The van der Waals surface area contributed by atoms with Gasteiger partial charge in [0.05, 0.1) is 5.56 Å². The molecular weight excluding hydrogens is 329 g/mol. The van der Waals surface area contributed by atoms with Crippen LogP contribution in [0.4, 0.5) is 13.2 Å². The van der Waals surface area contributed by atoms with Crippen molar-refractivity contribution in [3.05, 3.63) is 35.4 Å². The molecule has 3 aliphatic rings. The van der Waals surface area contributed by atoms with Crippen LogP contribution in [0.5, 0.6) is 0 Å². The van der Waals surface area contributed by atoms with Gasteiger partial charge in [-0.1, -0.05) is 18.2 Å². The first kappa shape index (κ1) is 16.9. The van der Waals surface area contributed by atoms with Crippen molar-refractivity contribution >= 4 is 5.91 Å². The summed E-state index contributed by atoms with van der Waals surface area (Å²) >= 11 is 0. The predicted molar refractivity (Wildman–Crippen MR) is 88.0 cm³/mol. The molecule has 0 aromatic heterocycles. The molecule has 4 rings (SSSR count). The van der Waals surface area contributed by atoms with Crippen molar-refractivity contribution in [3.8, 4) is 0 Å². The molecule has 4 unspecified atom stereocenters. The number of nitrogens with one attached hydrogen (secondary N) is 1. The van der Waals surface area contributed by atoms with Crippen LogP contribution in [0.15, 0.2) is 24.3 Å². The number of rotatable bonds is 3. The monoisotopic (exact) mass is 352 g/mol. The number of halogens is 3. The number of hydrogen-bond donors (Lipinski definition) is 1. The number of hydrogen-bond acceptors (Lipinski definition) is 2. The highest BCUT2D eigenvalue weighted by atomic mass is 19.4. The van der Waals surface area contributed by atoms with Gasteiger partial charge in [0, 0.05) is 31.1 Å². The van der Waals surface area contributed by atoms with Crippen LogP contribution >= 0.6 is 0 Å². The molecule has 3 fully saturated rings. The van der Waals surface area contributed by atoms with Crippen molar-refractivity contribution in [1.29, 1.82) is 0 Å². The summed E-state index contributed by atoms with van der Waals surface area (Å²) < 4.78 is 38.6. The Morgan fingerprint density at radius 3 is 2.48 bits per heavy atom. The number of alkyl halides is 3. The molecule has 6 heteroatoms. The number of fused-ring (bicyclic) bond motifs is 2. The van der Waals surface area contributed by atoms with Crippen LogP contribution in [0.3, 0.4) is 0 Å². The third-order valence-electron chi connectivity index (χ3n) is 6.09. The molecule has 2 heterocycles. The minimum atomic E-state index is -4.34. The Bertz CT molecular complexity index is 663. The highest BCUT2D eigenvalue weighted by Crippen LogP contribution is 2.49. The van der Waals surface area contributed by atoms with Crippen molar-refractivity contribution in [2.45, 2.75) is 62.3 Å². The number of piperidine rings is 1. The third-order valence-corrected chi connectivity index (χ3v) is 6.09. The quantitative estimate of drug-likeness (QED) is 0.902. The average molecular weight is 352 g/mol. The van der Waals surface area contributed by atoms with Gasteiger partial charge in [0.2, 0.25) is 5.91 Å². The van der Waals surface area contributed by atoms with Crippen LogP contribution in [0.25, 0.3) is 0 Å². The molecule has 136 valence electrons. The minimum Gasteiger partial charge on any atom is -0.342 e. The van der Waals surface area contributed by atoms with Gasteiger partial charge in [0.25, 0.3) is 0 Å². The van der Waals surface area contributed by atoms with Gasteiger partial charge >= 0.3 is 6.18 Å². The molecule has 3 nitrogen and oxygen atoms in total. The maximum absolute atomic E-state index is 12.9. The van der Waals surface area contributed by atoms with E-state index in [0.29, 0.717) is 24.1 Å². The summed E-state index contributed by atoms with van der Waals surface area (Å²) in [4.78, 5) is 14.7. The van der Waals surface area contributed by atoms with Crippen molar-refractivity contribution in [3.63, 3.8) is 0 Å². The molecule has 1 N–H and O–H groups in total. The summed E-state index contributed by atoms with van der Waals surface area (Å²) in [5, 5.41) is 3.57. The van der Waals surface area contributed by atoms with Crippen LogP contribution in [-0.2, 0) is 11.0 Å². The van der Waals surface area contributed by atoms with E-state index in [1.165, 1.54) is 25.0 Å². The third kappa shape index (κ3) is 3.28. The molecule has 2 saturated heterocycles. The average Bonchev–Trinajstić information content (AvgIpc) is 3.32. The largest absolute Gasteiger partial charge is 0.416 e. The summed E-state index contributed by atoms with van der Waals surface area (Å²) in [6, 6.07) is 6.70. The van der Waals surface area contributed by atoms with Gasteiger partial charge in [-0.05, 0) is 49.7 Å². The second-order valence-electron chi connectivity index (χ2n) is 7.78. The number of benzene rings is 1. The molecule has 4 atom stereocenters. The number of carbonyl (C=O) groups is 1. The van der Waals surface area contributed by atoms with Gasteiger partial charge in [-0.3, -0.25) is 4.79 Å². The second kappa shape index (κ2) is 6.01. The lowest BCUT2D eigenvalue weighted by molar-refractivity contribution is -0.137. The molecule has 1 aromatic rings. The predicted octanol–water partition coefficient (Wildman–Crippen LogP) is 3.55. The van der Waals surface area contributed by atoms with E-state index >= 15 is 0 Å². The summed E-state index contributed by atoms with van der Waals surface area (Å²) in [6.07, 6.45) is 0.649. The van der Waals surface area contributed by atoms with Gasteiger partial charge in [-0.2, -0.15) is 13.2 Å². The molecule has 2 bridgehead atoms. The Labute approximate surface area is 145 Å². The van der Waals surface area contributed by atoms with Gasteiger partial charge in [0.15, 0.2) is 0 Å². The second-order valence-corrected chi connectivity index (χ2v) is 7.78. The number of nitrogens with zero attached hydrogens (tertiary/aromatic N) is 1. The van der Waals surface area contributed by atoms with E-state index in [-0.39, 0.29) is 23.8 Å². The Kier molecular flexibility index (Phi) is 4.06. The van der Waals surface area contributed by atoms with E-state index in [9.17, 15) is 18.0 Å². The highest BCUT2D eigenvalue weighted by molar-refractivity contribution is 5.83. The minimum absolute atomic E-state index is 0.0734. The molecule has 25 heavy (non-hydrogen) atoms. The summed E-state index contributed by atoms with van der Waals surface area (Å²) in [7, 11) is 1.86. The van der Waals surface area contributed by atoms with Crippen molar-refractivity contribution < 1.29 is 18.0 Å². The highest BCUT2D eigenvalue weighted by Gasteiger charge is 2.47. The van der Waals surface area contributed by atoms with Crippen LogP contribution in [0.1, 0.15) is 49.1 Å². The number of amides is 1. The first-order chi connectivity index (χ1) is 11.8. The van der Waals surface area contributed by atoms with E-state index in [1.807, 2.05) is 11.9 Å². The van der Waals surface area contributed by atoms with Crippen molar-refractivity contribution in [2.75, 3.05) is 7.05 Å². The van der Waals surface area contributed by atoms with Crippen molar-refractivity contribution in [1.82, 2.24) is 10.2 Å². The first-order valence-electron chi connectivity index (χ1n) is 9.03. The Hall–Kier alpha value is -1.56. The summed E-state index contributed by atoms with van der Waals surface area (Å²) in [5.41, 5.74) is -0.00154. The molecule has 1 aliphatic carbocycles. The first-order valence-corrected chi connectivity index (χ1v) is 9.03. The SMILES string of the molecule is CN(C(=O)C1CC1c1cccc(C(F)(F)F)c1)C1CC2CCC(C1)N2. The van der Waals surface area contributed by atoms with Gasteiger partial charge in [-0.25, -0.2) is 0 Å². The Morgan fingerprint density at radius 2 is 1.84 bits per heavy atom. The van der Waals surface area contributed by atoms with Gasteiger partial charge < -0.3 is 10.2 Å². The van der Waals surface area contributed by atoms with Crippen molar-refractivity contribution in [2.24, 2.45) is 5.92 Å². The lowest BCUT2D eigenvalue weighted by Gasteiger charge is -2.35. The van der Waals surface area contributed by atoms with Crippen LogP contribution in [-0.4, -0.2) is 36.0 Å². The molecule has 1 saturated carbocycles. The lowest BCUT2D eigenvalue weighted by Crippen LogP contribution is -2.49. The smallest absolute Gasteiger partial charge is 0.342 e. The zero-order valence-corrected chi connectivity index (χ0v) is 14.2. The molecule has 0 spiro atoms. The standard InChI is InChI=1S/C19H23F3N2O/c1-24(15-8-13-5-6-14(9-15)23-13)18(25)17-10-16(17)11-3-2-4-12(7-11)19(20,21)22/h2-4,7,13-17,23H,5-6,8-10H2,1H3. The molecule has 2 aliphatic heterocycles.